The quantitative estimate of drug-likeness (QED) is 0.141. The van der Waals surface area contributed by atoms with Gasteiger partial charge in [0.2, 0.25) is 0 Å². The number of non-ortho nitro benzene ring substituents is 1. The first-order valence-corrected chi connectivity index (χ1v) is 13.1. The van der Waals surface area contributed by atoms with Crippen molar-refractivity contribution >= 4 is 36.3 Å². The summed E-state index contributed by atoms with van der Waals surface area (Å²) in [5.41, 5.74) is 6.82. The van der Waals surface area contributed by atoms with Gasteiger partial charge in [-0.15, -0.1) is 0 Å². The molecule has 0 radical (unpaired) electrons. The smallest absolute Gasteiger partial charge is 0.395 e. The maximum Gasteiger partial charge on any atom is 0.395 e. The zero-order valence-electron chi connectivity index (χ0n) is 20.3. The summed E-state index contributed by atoms with van der Waals surface area (Å²) >= 11 is 0. The summed E-state index contributed by atoms with van der Waals surface area (Å²) in [6.07, 6.45) is 0. The third kappa shape index (κ3) is 7.11. The van der Waals surface area contributed by atoms with Gasteiger partial charge in [-0.2, -0.15) is 0 Å². The third-order valence-corrected chi connectivity index (χ3v) is 7.77. The molecule has 0 aromatic heterocycles. The van der Waals surface area contributed by atoms with Crippen LogP contribution in [0.4, 0.5) is 28.4 Å². The standard InChI is InChI=1S/C27H29N5O2P.ClH/c1-20-7-13-23(14-8-20)28-35(29-24-15-9-21(2)10-16-24,30-25-17-11-22(3)12-18-25)31-26-5-4-6-27(19-26)32(33)34;/h4-19,28-31H,1-3H3;1H/q+1;/p-1. The Labute approximate surface area is 218 Å². The number of hydrogen-bond acceptors (Lipinski definition) is 6. The molecular formula is C27H29ClN5O2P. The summed E-state index contributed by atoms with van der Waals surface area (Å²) in [7, 11) is -2.70. The maximum absolute atomic E-state index is 11.4. The fraction of sp³-hybridized carbons (Fsp3) is 0.111. The van der Waals surface area contributed by atoms with E-state index in [2.05, 4.69) is 20.3 Å². The van der Waals surface area contributed by atoms with E-state index >= 15 is 0 Å². The van der Waals surface area contributed by atoms with E-state index in [1.54, 1.807) is 12.1 Å². The van der Waals surface area contributed by atoms with Crippen molar-refractivity contribution in [2.75, 3.05) is 20.3 Å². The van der Waals surface area contributed by atoms with Gasteiger partial charge in [0.15, 0.2) is 0 Å². The first-order valence-electron chi connectivity index (χ1n) is 11.3. The number of nitrogens with zero attached hydrogens (tertiary/aromatic N) is 1. The van der Waals surface area contributed by atoms with E-state index in [9.17, 15) is 10.1 Å². The molecular weight excluding hydrogens is 493 g/mol. The molecule has 4 rings (SSSR count). The van der Waals surface area contributed by atoms with Gasteiger partial charge in [-0.1, -0.05) is 59.2 Å². The Hall–Kier alpha value is -3.80. The van der Waals surface area contributed by atoms with Gasteiger partial charge >= 0.3 is 7.87 Å². The first kappa shape index (κ1) is 26.8. The van der Waals surface area contributed by atoms with Crippen molar-refractivity contribution in [1.82, 2.24) is 0 Å². The number of nitro groups is 1. The second-order valence-electron chi connectivity index (χ2n) is 8.52. The van der Waals surface area contributed by atoms with Crippen molar-refractivity contribution in [3.8, 4) is 0 Å². The van der Waals surface area contributed by atoms with Crippen molar-refractivity contribution < 1.29 is 17.3 Å². The van der Waals surface area contributed by atoms with Crippen molar-refractivity contribution in [2.24, 2.45) is 0 Å². The normalized spacial score (nSPS) is 10.6. The van der Waals surface area contributed by atoms with E-state index < -0.39 is 7.87 Å². The van der Waals surface area contributed by atoms with Crippen LogP contribution in [0.2, 0.25) is 0 Å². The molecule has 0 saturated carbocycles. The molecule has 7 nitrogen and oxygen atoms in total. The number of benzene rings is 4. The van der Waals surface area contributed by atoms with Crippen LogP contribution in [-0.4, -0.2) is 4.92 Å². The van der Waals surface area contributed by atoms with Crippen LogP contribution < -0.4 is 32.8 Å². The summed E-state index contributed by atoms with van der Waals surface area (Å²) in [6, 6.07) is 30.9. The van der Waals surface area contributed by atoms with Gasteiger partial charge in [-0.25, -0.2) is 20.3 Å². The molecule has 0 atom stereocenters. The molecule has 186 valence electrons. The molecule has 0 fully saturated rings. The average molecular weight is 522 g/mol. The molecule has 0 aliphatic rings. The first-order chi connectivity index (χ1) is 16.8. The lowest BCUT2D eigenvalue weighted by molar-refractivity contribution is -0.384. The summed E-state index contributed by atoms with van der Waals surface area (Å²) in [6.45, 7) is 6.13. The molecule has 0 unspecified atom stereocenters. The van der Waals surface area contributed by atoms with Gasteiger partial charge in [0.25, 0.3) is 5.69 Å². The van der Waals surface area contributed by atoms with Crippen LogP contribution in [0.5, 0.6) is 0 Å². The average Bonchev–Trinajstić information content (AvgIpc) is 2.84. The molecule has 0 amide bonds. The predicted octanol–water partition coefficient (Wildman–Crippen LogP) is 4.95. The number of anilines is 4. The Bertz CT molecular complexity index is 1180. The number of hydrogen-bond donors (Lipinski definition) is 4. The fourth-order valence-electron chi connectivity index (χ4n) is 3.52. The molecule has 0 spiro atoms. The summed E-state index contributed by atoms with van der Waals surface area (Å²) in [5.74, 6) is 0. The second-order valence-corrected chi connectivity index (χ2v) is 10.8. The predicted molar refractivity (Wildman–Crippen MR) is 148 cm³/mol. The number of aryl methyl sites for hydroxylation is 3. The molecule has 0 aliphatic carbocycles. The highest BCUT2D eigenvalue weighted by Gasteiger charge is 2.41. The van der Waals surface area contributed by atoms with Crippen LogP contribution in [0.1, 0.15) is 16.7 Å². The van der Waals surface area contributed by atoms with Crippen LogP contribution in [0.25, 0.3) is 0 Å². The largest absolute Gasteiger partial charge is 1.00 e. The summed E-state index contributed by atoms with van der Waals surface area (Å²) in [5, 5.41) is 25.9. The second kappa shape index (κ2) is 11.8. The molecule has 0 bridgehead atoms. The van der Waals surface area contributed by atoms with Crippen LogP contribution >= 0.6 is 7.87 Å². The summed E-state index contributed by atoms with van der Waals surface area (Å²) < 4.78 is 0. The topological polar surface area (TPSA) is 91.3 Å². The summed E-state index contributed by atoms with van der Waals surface area (Å²) in [4.78, 5) is 11.0. The van der Waals surface area contributed by atoms with Gasteiger partial charge in [0.05, 0.1) is 27.7 Å². The molecule has 4 aromatic rings. The van der Waals surface area contributed by atoms with E-state index in [1.165, 1.54) is 6.07 Å². The molecule has 4 aromatic carbocycles. The van der Waals surface area contributed by atoms with Crippen LogP contribution in [0.3, 0.4) is 0 Å². The van der Waals surface area contributed by atoms with Crippen molar-refractivity contribution in [3.05, 3.63) is 124 Å². The lowest BCUT2D eigenvalue weighted by Gasteiger charge is -2.29. The monoisotopic (exact) mass is 521 g/mol. The fourth-order valence-corrected chi connectivity index (χ4v) is 5.99. The molecule has 9 heteroatoms. The van der Waals surface area contributed by atoms with E-state index in [-0.39, 0.29) is 23.0 Å². The van der Waals surface area contributed by atoms with Crippen LogP contribution in [-0.2, 0) is 0 Å². The zero-order chi connectivity index (χ0) is 24.8. The van der Waals surface area contributed by atoms with Gasteiger partial charge in [-0.05, 0) is 63.2 Å². The highest BCUT2D eigenvalue weighted by molar-refractivity contribution is 7.81. The number of halogens is 1. The molecule has 4 N–H and O–H groups in total. The SMILES string of the molecule is Cc1ccc(N[P+](Nc2ccc(C)cc2)(Nc2ccc(C)cc2)Nc2cccc([N+](=O)[O-])c2)cc1.[Cl-]. The number of nitrogens with one attached hydrogen (secondary N) is 4. The van der Waals surface area contributed by atoms with Crippen molar-refractivity contribution in [3.63, 3.8) is 0 Å². The molecule has 0 saturated heterocycles. The van der Waals surface area contributed by atoms with Gasteiger partial charge in [-0.3, -0.25) is 10.1 Å². The highest BCUT2D eigenvalue weighted by Crippen LogP contribution is 2.56. The zero-order valence-corrected chi connectivity index (χ0v) is 22.0. The van der Waals surface area contributed by atoms with Gasteiger partial charge in [0, 0.05) is 12.1 Å². The van der Waals surface area contributed by atoms with E-state index in [1.807, 2.05) is 99.6 Å². The van der Waals surface area contributed by atoms with Crippen molar-refractivity contribution in [1.29, 1.82) is 0 Å². The minimum absolute atomic E-state index is 0. The lowest BCUT2D eigenvalue weighted by Crippen LogP contribution is -3.00. The van der Waals surface area contributed by atoms with E-state index in [4.69, 9.17) is 0 Å². The minimum atomic E-state index is -2.70. The Morgan fingerprint density at radius 2 is 0.944 bits per heavy atom. The highest BCUT2D eigenvalue weighted by atomic mass is 35.5. The van der Waals surface area contributed by atoms with Gasteiger partial charge < -0.3 is 12.4 Å². The molecule has 0 aliphatic heterocycles. The Kier molecular flexibility index (Phi) is 8.75. The minimum Gasteiger partial charge on any atom is -1.00 e. The van der Waals surface area contributed by atoms with Crippen LogP contribution in [0, 0.1) is 30.9 Å². The van der Waals surface area contributed by atoms with Crippen molar-refractivity contribution in [2.45, 2.75) is 20.8 Å². The lowest BCUT2D eigenvalue weighted by atomic mass is 10.2. The number of nitro benzene ring substituents is 1. The molecule has 0 heterocycles. The van der Waals surface area contributed by atoms with Gasteiger partial charge in [0.1, 0.15) is 0 Å². The Balaban J connectivity index is 0.00000361. The third-order valence-electron chi connectivity index (χ3n) is 5.40. The molecule has 36 heavy (non-hydrogen) atoms. The van der Waals surface area contributed by atoms with E-state index in [0.29, 0.717) is 5.69 Å². The Morgan fingerprint density at radius 3 is 1.31 bits per heavy atom. The van der Waals surface area contributed by atoms with E-state index in [0.717, 1.165) is 33.8 Å². The maximum atomic E-state index is 11.4. The Morgan fingerprint density at radius 1 is 0.583 bits per heavy atom. The van der Waals surface area contributed by atoms with Crippen LogP contribution in [0.15, 0.2) is 97.1 Å². The number of rotatable bonds is 9.